The monoisotopic (exact) mass is 254 g/mol. The van der Waals surface area contributed by atoms with Gasteiger partial charge in [0.15, 0.2) is 0 Å². The maximum absolute atomic E-state index is 12.2. The largest absolute Gasteiger partial charge is 0.399 e. The molecule has 3 N–H and O–H groups in total. The summed E-state index contributed by atoms with van der Waals surface area (Å²) in [6.07, 6.45) is 0.828. The van der Waals surface area contributed by atoms with Crippen LogP contribution in [0.5, 0.6) is 0 Å². The highest BCUT2D eigenvalue weighted by atomic mass is 16.1. The van der Waals surface area contributed by atoms with E-state index >= 15 is 0 Å². The Morgan fingerprint density at radius 2 is 2.00 bits per heavy atom. The molecule has 0 spiro atoms. The van der Waals surface area contributed by atoms with Gasteiger partial charge in [-0.25, -0.2) is 0 Å². The highest BCUT2D eigenvalue weighted by Crippen LogP contribution is 2.20. The molecule has 0 heterocycles. The number of nitrogens with two attached hydrogens (primary N) is 1. The molecule has 0 aliphatic heterocycles. The minimum absolute atomic E-state index is 0.0943. The van der Waals surface area contributed by atoms with Gasteiger partial charge in [-0.3, -0.25) is 4.79 Å². The molecule has 19 heavy (non-hydrogen) atoms. The lowest BCUT2D eigenvalue weighted by molar-refractivity contribution is 0.102. The first-order valence-corrected chi connectivity index (χ1v) is 6.36. The zero-order chi connectivity index (χ0) is 13.8. The third kappa shape index (κ3) is 3.13. The Morgan fingerprint density at radius 1 is 1.21 bits per heavy atom. The van der Waals surface area contributed by atoms with Crippen molar-refractivity contribution in [1.29, 1.82) is 0 Å². The number of nitrogen functional groups attached to an aromatic ring is 1. The number of aryl methyl sites for hydroxylation is 2. The van der Waals surface area contributed by atoms with E-state index in [0.717, 1.165) is 23.2 Å². The molecule has 2 aromatic carbocycles. The number of hydrogen-bond acceptors (Lipinski definition) is 2. The Labute approximate surface area is 113 Å². The molecular formula is C16H18N2O. The molecule has 2 aromatic rings. The van der Waals surface area contributed by atoms with Crippen molar-refractivity contribution in [2.45, 2.75) is 20.3 Å². The summed E-state index contributed by atoms with van der Waals surface area (Å²) in [5.41, 5.74) is 10.1. The van der Waals surface area contributed by atoms with E-state index in [9.17, 15) is 4.79 Å². The van der Waals surface area contributed by atoms with E-state index in [-0.39, 0.29) is 5.91 Å². The third-order valence-electron chi connectivity index (χ3n) is 3.04. The van der Waals surface area contributed by atoms with E-state index in [2.05, 4.69) is 5.32 Å². The van der Waals surface area contributed by atoms with Crippen molar-refractivity contribution in [1.82, 2.24) is 0 Å². The molecular weight excluding hydrogens is 236 g/mol. The summed E-state index contributed by atoms with van der Waals surface area (Å²) in [7, 11) is 0. The minimum Gasteiger partial charge on any atom is -0.399 e. The van der Waals surface area contributed by atoms with Gasteiger partial charge in [0.2, 0.25) is 0 Å². The molecule has 98 valence electrons. The van der Waals surface area contributed by atoms with Crippen molar-refractivity contribution >= 4 is 17.3 Å². The summed E-state index contributed by atoms with van der Waals surface area (Å²) in [5.74, 6) is -0.0943. The van der Waals surface area contributed by atoms with Crippen molar-refractivity contribution in [2.24, 2.45) is 0 Å². The molecule has 0 aliphatic rings. The van der Waals surface area contributed by atoms with Gasteiger partial charge >= 0.3 is 0 Å². The van der Waals surface area contributed by atoms with Gasteiger partial charge in [0.05, 0.1) is 0 Å². The summed E-state index contributed by atoms with van der Waals surface area (Å²) in [6, 6.07) is 13.1. The number of anilines is 2. The molecule has 0 fully saturated rings. The molecule has 3 heteroatoms. The maximum Gasteiger partial charge on any atom is 0.255 e. The molecule has 1 amide bonds. The van der Waals surface area contributed by atoms with Crippen LogP contribution in [0.1, 0.15) is 28.4 Å². The zero-order valence-electron chi connectivity index (χ0n) is 11.2. The van der Waals surface area contributed by atoms with Crippen LogP contribution >= 0.6 is 0 Å². The predicted molar refractivity (Wildman–Crippen MR) is 79.4 cm³/mol. The normalized spacial score (nSPS) is 10.2. The minimum atomic E-state index is -0.0943. The smallest absolute Gasteiger partial charge is 0.255 e. The molecule has 0 atom stereocenters. The highest BCUT2D eigenvalue weighted by molar-refractivity contribution is 6.04. The fourth-order valence-electron chi connectivity index (χ4n) is 2.01. The SMILES string of the molecule is CCc1cc(N)ccc1NC(=O)c1cccc(C)c1. The number of carbonyl (C=O) groups excluding carboxylic acids is 1. The Hall–Kier alpha value is -2.29. The summed E-state index contributed by atoms with van der Waals surface area (Å²) >= 11 is 0. The van der Waals surface area contributed by atoms with Gasteiger partial charge in [0.25, 0.3) is 5.91 Å². The number of nitrogens with one attached hydrogen (secondary N) is 1. The van der Waals surface area contributed by atoms with Crippen LogP contribution in [0.15, 0.2) is 42.5 Å². The quantitative estimate of drug-likeness (QED) is 0.825. The van der Waals surface area contributed by atoms with E-state index in [1.54, 1.807) is 6.07 Å². The fourth-order valence-corrected chi connectivity index (χ4v) is 2.01. The molecule has 0 aromatic heterocycles. The number of amides is 1. The van der Waals surface area contributed by atoms with Gasteiger partial charge in [-0.05, 0) is 49.2 Å². The third-order valence-corrected chi connectivity index (χ3v) is 3.04. The average molecular weight is 254 g/mol. The van der Waals surface area contributed by atoms with E-state index in [0.29, 0.717) is 11.3 Å². The Kier molecular flexibility index (Phi) is 3.85. The van der Waals surface area contributed by atoms with E-state index in [4.69, 9.17) is 5.73 Å². The lowest BCUT2D eigenvalue weighted by atomic mass is 10.1. The second-order valence-corrected chi connectivity index (χ2v) is 4.59. The zero-order valence-corrected chi connectivity index (χ0v) is 11.2. The first kappa shape index (κ1) is 13.1. The van der Waals surface area contributed by atoms with Crippen LogP contribution in [0, 0.1) is 6.92 Å². The van der Waals surface area contributed by atoms with Crippen LogP contribution in [0.4, 0.5) is 11.4 Å². The van der Waals surface area contributed by atoms with Crippen LogP contribution in [0.25, 0.3) is 0 Å². The Bertz CT molecular complexity index is 605. The predicted octanol–water partition coefficient (Wildman–Crippen LogP) is 3.39. The van der Waals surface area contributed by atoms with Gasteiger partial charge in [-0.2, -0.15) is 0 Å². The average Bonchev–Trinajstić information content (AvgIpc) is 2.40. The van der Waals surface area contributed by atoms with Crippen molar-refractivity contribution in [3.8, 4) is 0 Å². The van der Waals surface area contributed by atoms with E-state index in [1.807, 2.05) is 50.2 Å². The van der Waals surface area contributed by atoms with Crippen molar-refractivity contribution < 1.29 is 4.79 Å². The summed E-state index contributed by atoms with van der Waals surface area (Å²) in [6.45, 7) is 4.01. The molecule has 0 saturated carbocycles. The van der Waals surface area contributed by atoms with Crippen LogP contribution in [-0.4, -0.2) is 5.91 Å². The van der Waals surface area contributed by atoms with Crippen molar-refractivity contribution in [3.05, 3.63) is 59.2 Å². The fraction of sp³-hybridized carbons (Fsp3) is 0.188. The topological polar surface area (TPSA) is 55.1 Å². The summed E-state index contributed by atoms with van der Waals surface area (Å²) in [4.78, 5) is 12.2. The first-order chi connectivity index (χ1) is 9.10. The summed E-state index contributed by atoms with van der Waals surface area (Å²) < 4.78 is 0. The number of hydrogen-bond donors (Lipinski definition) is 2. The van der Waals surface area contributed by atoms with E-state index < -0.39 is 0 Å². The van der Waals surface area contributed by atoms with Gasteiger partial charge in [0.1, 0.15) is 0 Å². The van der Waals surface area contributed by atoms with Crippen molar-refractivity contribution in [3.63, 3.8) is 0 Å². The molecule has 0 aliphatic carbocycles. The van der Waals surface area contributed by atoms with Gasteiger partial charge in [0, 0.05) is 16.9 Å². The van der Waals surface area contributed by atoms with Gasteiger partial charge in [-0.15, -0.1) is 0 Å². The van der Waals surface area contributed by atoms with Gasteiger partial charge in [-0.1, -0.05) is 24.6 Å². The van der Waals surface area contributed by atoms with E-state index in [1.165, 1.54) is 0 Å². The molecule has 3 nitrogen and oxygen atoms in total. The van der Waals surface area contributed by atoms with Crippen LogP contribution in [0.2, 0.25) is 0 Å². The molecule has 2 rings (SSSR count). The van der Waals surface area contributed by atoms with Crippen LogP contribution in [0.3, 0.4) is 0 Å². The van der Waals surface area contributed by atoms with Crippen LogP contribution < -0.4 is 11.1 Å². The first-order valence-electron chi connectivity index (χ1n) is 6.36. The number of rotatable bonds is 3. The second-order valence-electron chi connectivity index (χ2n) is 4.59. The number of benzene rings is 2. The molecule has 0 bridgehead atoms. The van der Waals surface area contributed by atoms with Crippen molar-refractivity contribution in [2.75, 3.05) is 11.1 Å². The molecule has 0 unspecified atom stereocenters. The second kappa shape index (κ2) is 5.57. The highest BCUT2D eigenvalue weighted by Gasteiger charge is 2.08. The number of carbonyl (C=O) groups is 1. The maximum atomic E-state index is 12.2. The lowest BCUT2D eigenvalue weighted by Crippen LogP contribution is -2.13. The van der Waals surface area contributed by atoms with Gasteiger partial charge < -0.3 is 11.1 Å². The standard InChI is InChI=1S/C16H18N2O/c1-3-12-10-14(17)7-8-15(12)18-16(19)13-6-4-5-11(2)9-13/h4-10H,3,17H2,1-2H3,(H,18,19). The van der Waals surface area contributed by atoms with Crippen LogP contribution in [-0.2, 0) is 6.42 Å². The Balaban J connectivity index is 2.24. The molecule has 0 radical (unpaired) electrons. The summed E-state index contributed by atoms with van der Waals surface area (Å²) in [5, 5.41) is 2.94. The molecule has 0 saturated heterocycles. The Morgan fingerprint density at radius 3 is 2.68 bits per heavy atom. The lowest BCUT2D eigenvalue weighted by Gasteiger charge is -2.11.